The summed E-state index contributed by atoms with van der Waals surface area (Å²) in [6, 6.07) is 2.11. The van der Waals surface area contributed by atoms with Gasteiger partial charge >= 0.3 is 0 Å². The Morgan fingerprint density at radius 1 is 1.37 bits per heavy atom. The number of aromatic nitrogens is 2. The number of hydrogen-bond acceptors (Lipinski definition) is 4. The minimum absolute atomic E-state index is 0.498. The van der Waals surface area contributed by atoms with Gasteiger partial charge in [-0.1, -0.05) is 20.3 Å². The average Bonchev–Trinajstić information content (AvgIpc) is 2.39. The third-order valence-corrected chi connectivity index (χ3v) is 4.61. The molecule has 1 N–H and O–H groups in total. The number of anilines is 1. The van der Waals surface area contributed by atoms with Gasteiger partial charge < -0.3 is 5.32 Å². The molecule has 4 heteroatoms. The highest BCUT2D eigenvalue weighted by molar-refractivity contribution is 7.99. The van der Waals surface area contributed by atoms with Gasteiger partial charge in [-0.3, -0.25) is 0 Å². The maximum Gasteiger partial charge on any atom is 0.143 e. The molecule has 0 aromatic carbocycles. The summed E-state index contributed by atoms with van der Waals surface area (Å²) in [5.74, 6) is 3.92. The van der Waals surface area contributed by atoms with E-state index in [1.165, 1.54) is 30.7 Å². The van der Waals surface area contributed by atoms with Gasteiger partial charge in [0.05, 0.1) is 5.25 Å². The summed E-state index contributed by atoms with van der Waals surface area (Å²) in [7, 11) is 0. The molecular weight excluding hydrogens is 254 g/mol. The van der Waals surface area contributed by atoms with Crippen molar-refractivity contribution in [1.29, 1.82) is 0 Å². The molecule has 1 atom stereocenters. The molecule has 1 aromatic rings. The van der Waals surface area contributed by atoms with Crippen LogP contribution in [0.4, 0.5) is 5.82 Å². The van der Waals surface area contributed by atoms with Crippen molar-refractivity contribution < 1.29 is 0 Å². The van der Waals surface area contributed by atoms with Crippen LogP contribution in [0.15, 0.2) is 6.07 Å². The summed E-state index contributed by atoms with van der Waals surface area (Å²) < 4.78 is 0. The Labute approximate surface area is 121 Å². The predicted octanol–water partition coefficient (Wildman–Crippen LogP) is 4.07. The molecule has 0 saturated carbocycles. The van der Waals surface area contributed by atoms with Gasteiger partial charge in [0.25, 0.3) is 0 Å². The van der Waals surface area contributed by atoms with E-state index in [2.05, 4.69) is 32.2 Å². The molecule has 1 unspecified atom stereocenters. The fraction of sp³-hybridized carbons (Fsp3) is 0.733. The van der Waals surface area contributed by atoms with Crippen LogP contribution in [0.25, 0.3) is 0 Å². The summed E-state index contributed by atoms with van der Waals surface area (Å²) in [6.45, 7) is 7.50. The van der Waals surface area contributed by atoms with Crippen LogP contribution >= 0.6 is 11.8 Å². The minimum atomic E-state index is 0.498. The van der Waals surface area contributed by atoms with Crippen LogP contribution in [0.1, 0.15) is 56.8 Å². The van der Waals surface area contributed by atoms with E-state index in [1.54, 1.807) is 0 Å². The standard InChI is InChI=1S/C15H25N3S/c1-4-16-14-10-12(9-11(2)3)17-15(18-14)13-7-5-6-8-19-13/h10-11,13H,4-9H2,1-3H3,(H,16,17,18). The van der Waals surface area contributed by atoms with Crippen LogP contribution in [-0.4, -0.2) is 22.3 Å². The fourth-order valence-electron chi connectivity index (χ4n) is 2.40. The third kappa shape index (κ3) is 4.37. The van der Waals surface area contributed by atoms with Crippen LogP contribution < -0.4 is 5.32 Å². The van der Waals surface area contributed by atoms with Crippen molar-refractivity contribution in [3.8, 4) is 0 Å². The number of thioether (sulfide) groups is 1. The lowest BCUT2D eigenvalue weighted by Gasteiger charge is -2.21. The van der Waals surface area contributed by atoms with Crippen LogP contribution in [0, 0.1) is 5.92 Å². The summed E-state index contributed by atoms with van der Waals surface area (Å²) in [6.07, 6.45) is 4.91. The fourth-order valence-corrected chi connectivity index (χ4v) is 3.64. The molecule has 19 heavy (non-hydrogen) atoms. The summed E-state index contributed by atoms with van der Waals surface area (Å²) in [5, 5.41) is 3.84. The molecule has 0 radical (unpaired) electrons. The number of hydrogen-bond donors (Lipinski definition) is 1. The van der Waals surface area contributed by atoms with E-state index in [1.807, 2.05) is 11.8 Å². The van der Waals surface area contributed by atoms with E-state index in [4.69, 9.17) is 9.97 Å². The average molecular weight is 279 g/mol. The number of nitrogens with one attached hydrogen (secondary N) is 1. The lowest BCUT2D eigenvalue weighted by molar-refractivity contribution is 0.620. The number of nitrogens with zero attached hydrogens (tertiary/aromatic N) is 2. The highest BCUT2D eigenvalue weighted by Gasteiger charge is 2.20. The number of rotatable bonds is 5. The van der Waals surface area contributed by atoms with Gasteiger partial charge in [-0.15, -0.1) is 0 Å². The van der Waals surface area contributed by atoms with Crippen molar-refractivity contribution in [2.75, 3.05) is 17.6 Å². The Hall–Kier alpha value is -0.770. The monoisotopic (exact) mass is 279 g/mol. The zero-order chi connectivity index (χ0) is 13.7. The molecule has 1 saturated heterocycles. The lowest BCUT2D eigenvalue weighted by Crippen LogP contribution is -2.12. The normalized spacial score (nSPS) is 19.7. The smallest absolute Gasteiger partial charge is 0.143 e. The van der Waals surface area contributed by atoms with Gasteiger partial charge in [-0.25, -0.2) is 9.97 Å². The highest BCUT2D eigenvalue weighted by atomic mass is 32.2. The first-order chi connectivity index (χ1) is 9.19. The van der Waals surface area contributed by atoms with E-state index in [-0.39, 0.29) is 0 Å². The van der Waals surface area contributed by atoms with E-state index < -0.39 is 0 Å². The molecule has 1 aliphatic heterocycles. The van der Waals surface area contributed by atoms with E-state index in [0.29, 0.717) is 11.2 Å². The summed E-state index contributed by atoms with van der Waals surface area (Å²) in [4.78, 5) is 9.52. The zero-order valence-corrected chi connectivity index (χ0v) is 13.1. The van der Waals surface area contributed by atoms with Crippen molar-refractivity contribution in [2.24, 2.45) is 5.92 Å². The Morgan fingerprint density at radius 2 is 2.21 bits per heavy atom. The van der Waals surface area contributed by atoms with Crippen molar-refractivity contribution >= 4 is 17.6 Å². The summed E-state index contributed by atoms with van der Waals surface area (Å²) >= 11 is 2.02. The molecule has 0 amide bonds. The van der Waals surface area contributed by atoms with Crippen LogP contribution in [-0.2, 0) is 6.42 Å². The maximum absolute atomic E-state index is 4.81. The van der Waals surface area contributed by atoms with Crippen LogP contribution in [0.5, 0.6) is 0 Å². The molecule has 1 aromatic heterocycles. The summed E-state index contributed by atoms with van der Waals surface area (Å²) in [5.41, 5.74) is 1.18. The first-order valence-corrected chi connectivity index (χ1v) is 8.47. The molecule has 0 aliphatic carbocycles. The Morgan fingerprint density at radius 3 is 2.84 bits per heavy atom. The second kappa shape index (κ2) is 7.13. The van der Waals surface area contributed by atoms with Gasteiger partial charge in [0.2, 0.25) is 0 Å². The van der Waals surface area contributed by atoms with Gasteiger partial charge in [-0.2, -0.15) is 11.8 Å². The minimum Gasteiger partial charge on any atom is -0.370 e. The lowest BCUT2D eigenvalue weighted by atomic mass is 10.1. The molecule has 3 nitrogen and oxygen atoms in total. The van der Waals surface area contributed by atoms with Crippen LogP contribution in [0.2, 0.25) is 0 Å². The topological polar surface area (TPSA) is 37.8 Å². The Kier molecular flexibility index (Phi) is 5.49. The maximum atomic E-state index is 4.81. The molecule has 106 valence electrons. The largest absolute Gasteiger partial charge is 0.370 e. The molecule has 1 aliphatic rings. The Balaban J connectivity index is 2.21. The molecule has 0 bridgehead atoms. The molecular formula is C15H25N3S. The first kappa shape index (κ1) is 14.6. The van der Waals surface area contributed by atoms with E-state index in [0.717, 1.165) is 24.6 Å². The van der Waals surface area contributed by atoms with Crippen molar-refractivity contribution in [3.63, 3.8) is 0 Å². The van der Waals surface area contributed by atoms with Crippen LogP contribution in [0.3, 0.4) is 0 Å². The van der Waals surface area contributed by atoms with E-state index >= 15 is 0 Å². The predicted molar refractivity (Wildman–Crippen MR) is 83.8 cm³/mol. The third-order valence-electron chi connectivity index (χ3n) is 3.24. The van der Waals surface area contributed by atoms with E-state index in [9.17, 15) is 0 Å². The van der Waals surface area contributed by atoms with Crippen molar-refractivity contribution in [1.82, 2.24) is 9.97 Å². The quantitative estimate of drug-likeness (QED) is 0.882. The van der Waals surface area contributed by atoms with Gasteiger partial charge in [0.15, 0.2) is 0 Å². The van der Waals surface area contributed by atoms with Crippen molar-refractivity contribution in [2.45, 2.75) is 51.7 Å². The SMILES string of the molecule is CCNc1cc(CC(C)C)nc(C2CCCCS2)n1. The molecule has 1 fully saturated rings. The van der Waals surface area contributed by atoms with Gasteiger partial charge in [-0.05, 0) is 37.9 Å². The molecule has 2 rings (SSSR count). The van der Waals surface area contributed by atoms with Crippen molar-refractivity contribution in [3.05, 3.63) is 17.6 Å². The molecule has 0 spiro atoms. The first-order valence-electron chi connectivity index (χ1n) is 7.42. The van der Waals surface area contributed by atoms with Gasteiger partial charge in [0, 0.05) is 18.3 Å². The van der Waals surface area contributed by atoms with Gasteiger partial charge in [0.1, 0.15) is 11.6 Å². The Bertz CT molecular complexity index is 400. The highest BCUT2D eigenvalue weighted by Crippen LogP contribution is 2.37. The zero-order valence-electron chi connectivity index (χ0n) is 12.3. The second-order valence-electron chi connectivity index (χ2n) is 5.59. The molecule has 2 heterocycles. The second-order valence-corrected chi connectivity index (χ2v) is 6.90.